The number of aromatic nitrogens is 2. The molecule has 0 saturated carbocycles. The second-order valence-corrected chi connectivity index (χ2v) is 6.70. The summed E-state index contributed by atoms with van der Waals surface area (Å²) in [4.78, 5) is 8.57. The molecule has 0 unspecified atom stereocenters. The highest BCUT2D eigenvalue weighted by Gasteiger charge is 2.22. The molecule has 142 valence electrons. The van der Waals surface area contributed by atoms with Gasteiger partial charge < -0.3 is 14.3 Å². The Bertz CT molecular complexity index is 1070. The molecule has 0 aliphatic rings. The van der Waals surface area contributed by atoms with Crippen molar-refractivity contribution < 1.29 is 14.3 Å². The van der Waals surface area contributed by atoms with Crippen molar-refractivity contribution in [3.63, 3.8) is 0 Å². The first-order valence-electron chi connectivity index (χ1n) is 9.38. The third kappa shape index (κ3) is 3.49. The van der Waals surface area contributed by atoms with Crippen LogP contribution in [0.1, 0.15) is 19.4 Å². The molecule has 0 N–H and O–H groups in total. The molecular weight excluding hydrogens is 352 g/mol. The van der Waals surface area contributed by atoms with Crippen LogP contribution in [-0.4, -0.2) is 22.7 Å². The third-order valence-corrected chi connectivity index (χ3v) is 4.60. The summed E-state index contributed by atoms with van der Waals surface area (Å²) in [5.41, 5.74) is 4.50. The first kappa shape index (κ1) is 18.2. The Labute approximate surface area is 163 Å². The Morgan fingerprint density at radius 3 is 2.43 bits per heavy atom. The zero-order valence-corrected chi connectivity index (χ0v) is 15.9. The molecule has 5 heteroatoms. The van der Waals surface area contributed by atoms with Gasteiger partial charge in [-0.3, -0.25) is 0 Å². The number of hydrogen-bond acceptors (Lipinski definition) is 5. The van der Waals surface area contributed by atoms with Crippen molar-refractivity contribution in [3.05, 3.63) is 66.5 Å². The Morgan fingerprint density at radius 2 is 1.75 bits per heavy atom. The highest BCUT2D eigenvalue weighted by molar-refractivity contribution is 6.03. The van der Waals surface area contributed by atoms with Gasteiger partial charge in [-0.15, -0.1) is 0 Å². The van der Waals surface area contributed by atoms with E-state index >= 15 is 0 Å². The van der Waals surface area contributed by atoms with Gasteiger partial charge in [0, 0.05) is 11.1 Å². The molecule has 0 fully saturated rings. The number of benzene rings is 2. The third-order valence-electron chi connectivity index (χ3n) is 4.60. The number of nitrogens with zero attached hydrogens (tertiary/aromatic N) is 2. The van der Waals surface area contributed by atoms with Gasteiger partial charge in [0.1, 0.15) is 17.5 Å². The normalized spacial score (nSPS) is 12.2. The summed E-state index contributed by atoms with van der Waals surface area (Å²) in [5, 5.41) is 12.2. The maximum Gasteiger partial charge on any atom is 0.234 e. The van der Waals surface area contributed by atoms with E-state index in [4.69, 9.17) is 9.15 Å². The Kier molecular flexibility index (Phi) is 5.08. The van der Waals surface area contributed by atoms with Gasteiger partial charge in [-0.25, -0.2) is 9.97 Å². The minimum Gasteiger partial charge on any atom is -0.850 e. The first-order valence-corrected chi connectivity index (χ1v) is 9.38. The number of rotatable bonds is 6. The molecule has 0 amide bonds. The lowest BCUT2D eigenvalue weighted by Gasteiger charge is -2.16. The van der Waals surface area contributed by atoms with E-state index in [0.717, 1.165) is 23.1 Å². The number of fused-ring (bicyclic) bond motifs is 1. The molecular formula is C23H21N2O3-. The van der Waals surface area contributed by atoms with Crippen LogP contribution in [0.15, 0.2) is 65.3 Å². The van der Waals surface area contributed by atoms with Crippen LogP contribution in [0, 0.1) is 0 Å². The highest BCUT2D eigenvalue weighted by Crippen LogP contribution is 2.43. The molecule has 2 heterocycles. The van der Waals surface area contributed by atoms with Crippen molar-refractivity contribution in [1.82, 2.24) is 9.97 Å². The molecule has 0 bridgehead atoms. The highest BCUT2D eigenvalue weighted by atomic mass is 16.5. The summed E-state index contributed by atoms with van der Waals surface area (Å²) < 4.78 is 11.8. The molecule has 1 atom stereocenters. The van der Waals surface area contributed by atoms with Gasteiger partial charge in [0.05, 0.1) is 6.61 Å². The molecule has 5 nitrogen and oxygen atoms in total. The van der Waals surface area contributed by atoms with Crippen molar-refractivity contribution in [2.75, 3.05) is 6.61 Å². The monoisotopic (exact) mass is 373 g/mol. The second-order valence-electron chi connectivity index (χ2n) is 6.70. The van der Waals surface area contributed by atoms with Crippen LogP contribution in [0.25, 0.3) is 33.6 Å². The van der Waals surface area contributed by atoms with Gasteiger partial charge in [-0.1, -0.05) is 74.5 Å². The van der Waals surface area contributed by atoms with E-state index in [0.29, 0.717) is 22.7 Å². The largest absolute Gasteiger partial charge is 0.850 e. The smallest absolute Gasteiger partial charge is 0.234 e. The Morgan fingerprint density at radius 1 is 1.00 bits per heavy atom. The molecule has 0 aliphatic carbocycles. The molecule has 0 spiro atoms. The lowest BCUT2D eigenvalue weighted by atomic mass is 9.98. The molecule has 0 aliphatic heterocycles. The van der Waals surface area contributed by atoms with Crippen LogP contribution in [0.4, 0.5) is 0 Å². The van der Waals surface area contributed by atoms with Crippen molar-refractivity contribution in [2.24, 2.45) is 0 Å². The van der Waals surface area contributed by atoms with Crippen LogP contribution >= 0.6 is 0 Å². The molecule has 0 saturated heterocycles. The van der Waals surface area contributed by atoms with E-state index in [-0.39, 0.29) is 6.61 Å². The molecule has 4 aromatic rings. The lowest BCUT2D eigenvalue weighted by molar-refractivity contribution is -0.417. The van der Waals surface area contributed by atoms with Crippen LogP contribution < -0.4 is 9.84 Å². The topological polar surface area (TPSA) is 71.2 Å². The van der Waals surface area contributed by atoms with Crippen LogP contribution in [0.5, 0.6) is 5.88 Å². The fourth-order valence-corrected chi connectivity index (χ4v) is 3.19. The maximum atomic E-state index is 11.5. The fourth-order valence-electron chi connectivity index (χ4n) is 3.19. The van der Waals surface area contributed by atoms with Gasteiger partial charge >= 0.3 is 0 Å². The Hall–Kier alpha value is -3.18. The van der Waals surface area contributed by atoms with Crippen molar-refractivity contribution >= 4 is 11.1 Å². The zero-order chi connectivity index (χ0) is 19.5. The quantitative estimate of drug-likeness (QED) is 0.505. The molecule has 2 aromatic heterocycles. The van der Waals surface area contributed by atoms with E-state index in [9.17, 15) is 5.11 Å². The van der Waals surface area contributed by atoms with Crippen LogP contribution in [0.2, 0.25) is 0 Å². The van der Waals surface area contributed by atoms with Gasteiger partial charge in [0.15, 0.2) is 0 Å². The Balaban J connectivity index is 1.96. The summed E-state index contributed by atoms with van der Waals surface area (Å²) in [5.74, 6) is 1.08. The van der Waals surface area contributed by atoms with Gasteiger partial charge in [-0.05, 0) is 17.5 Å². The predicted molar refractivity (Wildman–Crippen MR) is 107 cm³/mol. The lowest BCUT2D eigenvalue weighted by Crippen LogP contribution is -2.28. The number of ether oxygens (including phenoxy) is 1. The van der Waals surface area contributed by atoms with E-state index in [1.54, 1.807) is 6.92 Å². The van der Waals surface area contributed by atoms with E-state index in [1.165, 1.54) is 11.9 Å². The van der Waals surface area contributed by atoms with E-state index in [1.807, 2.05) is 30.3 Å². The fraction of sp³-hybridized carbons (Fsp3) is 0.217. The molecule has 4 rings (SSSR count). The maximum absolute atomic E-state index is 11.5. The summed E-state index contributed by atoms with van der Waals surface area (Å²) in [6.45, 7) is 3.72. The number of furan rings is 1. The number of hydrogen-bond donors (Lipinski definition) is 0. The van der Waals surface area contributed by atoms with Crippen LogP contribution in [-0.2, 0) is 6.42 Å². The predicted octanol–water partition coefficient (Wildman–Crippen LogP) is 4.25. The minimum absolute atomic E-state index is 0.0339. The average molecular weight is 373 g/mol. The van der Waals surface area contributed by atoms with Crippen molar-refractivity contribution in [2.45, 2.75) is 26.4 Å². The van der Waals surface area contributed by atoms with Gasteiger partial charge in [0.25, 0.3) is 0 Å². The average Bonchev–Trinajstić information content (AvgIpc) is 3.13. The van der Waals surface area contributed by atoms with E-state index < -0.39 is 6.10 Å². The van der Waals surface area contributed by atoms with Gasteiger partial charge in [-0.2, -0.15) is 0 Å². The minimum atomic E-state index is -0.849. The van der Waals surface area contributed by atoms with Crippen molar-refractivity contribution in [3.8, 4) is 28.3 Å². The van der Waals surface area contributed by atoms with Crippen LogP contribution in [0.3, 0.4) is 0 Å². The summed E-state index contributed by atoms with van der Waals surface area (Å²) >= 11 is 0. The SMILES string of the molecule is CCc1ccc(-c2c(-c3ccccc3)oc3ncnc(OC[C@H](C)[O-])c23)cc1. The second kappa shape index (κ2) is 7.82. The first-order chi connectivity index (χ1) is 13.7. The van der Waals surface area contributed by atoms with Gasteiger partial charge in [0.2, 0.25) is 11.6 Å². The van der Waals surface area contributed by atoms with Crippen molar-refractivity contribution in [1.29, 1.82) is 0 Å². The zero-order valence-electron chi connectivity index (χ0n) is 15.9. The summed E-state index contributed by atoms with van der Waals surface area (Å²) in [7, 11) is 0. The molecule has 28 heavy (non-hydrogen) atoms. The standard InChI is InChI=1S/C23H21N2O3/c1-3-16-9-11-17(12-10-16)19-20-22(27-13-15(2)26)24-14-25-23(20)28-21(19)18-7-5-4-6-8-18/h4-12,14-15H,3,13H2,1-2H3/q-1/t15-/m0/s1. The molecule has 2 aromatic carbocycles. The number of aryl methyl sites for hydroxylation is 1. The summed E-state index contributed by atoms with van der Waals surface area (Å²) in [6.07, 6.45) is 1.52. The van der Waals surface area contributed by atoms with E-state index in [2.05, 4.69) is 41.2 Å². The molecule has 0 radical (unpaired) electrons. The summed E-state index contributed by atoms with van der Waals surface area (Å²) in [6, 6.07) is 18.2.